The van der Waals surface area contributed by atoms with Crippen LogP contribution in [0.2, 0.25) is 0 Å². The highest BCUT2D eigenvalue weighted by Gasteiger charge is 2.63. The summed E-state index contributed by atoms with van der Waals surface area (Å²) in [6, 6.07) is 13.1. The van der Waals surface area contributed by atoms with E-state index in [1.54, 1.807) is 6.07 Å². The Labute approximate surface area is 234 Å². The Balaban J connectivity index is 0.000000266. The molecule has 0 bridgehead atoms. The zero-order chi connectivity index (χ0) is 31.2. The third-order valence-electron chi connectivity index (χ3n) is 7.06. The summed E-state index contributed by atoms with van der Waals surface area (Å²) in [5.41, 5.74) is 4.48. The van der Waals surface area contributed by atoms with E-state index in [9.17, 15) is 41.4 Å². The number of alkyl halides is 4. The molecule has 0 unspecified atom stereocenters. The number of fused-ring (bicyclic) bond motifs is 2. The molecule has 2 aliphatic rings. The lowest BCUT2D eigenvalue weighted by atomic mass is 9.91. The second-order valence-corrected chi connectivity index (χ2v) is 9.46. The summed E-state index contributed by atoms with van der Waals surface area (Å²) in [6.45, 7) is 0. The van der Waals surface area contributed by atoms with Gasteiger partial charge in [0, 0.05) is 25.5 Å². The van der Waals surface area contributed by atoms with E-state index in [2.05, 4.69) is 5.32 Å². The molecule has 0 saturated carbocycles. The first-order valence-corrected chi connectivity index (χ1v) is 12.3. The molecule has 6 nitrogen and oxygen atoms in total. The van der Waals surface area contributed by atoms with Crippen molar-refractivity contribution in [2.45, 2.75) is 48.9 Å². The van der Waals surface area contributed by atoms with Crippen molar-refractivity contribution in [2.75, 3.05) is 14.3 Å². The summed E-state index contributed by atoms with van der Waals surface area (Å²) in [7, 11) is -0.210. The van der Waals surface area contributed by atoms with Gasteiger partial charge >= 0.3 is 6.18 Å². The van der Waals surface area contributed by atoms with Crippen molar-refractivity contribution in [3.05, 3.63) is 106 Å². The van der Waals surface area contributed by atoms with Crippen molar-refractivity contribution >= 4 is 5.91 Å². The smallest absolute Gasteiger partial charge is 0.391 e. The van der Waals surface area contributed by atoms with Crippen LogP contribution in [-0.2, 0) is 28.0 Å². The molecule has 5 atom stereocenters. The Hall–Kier alpha value is -3.45. The number of nitrogens with one attached hydrogen (secondary N) is 1. The minimum absolute atomic E-state index is 0.0951. The van der Waals surface area contributed by atoms with Gasteiger partial charge < -0.3 is 26.0 Å². The lowest BCUT2D eigenvalue weighted by Crippen LogP contribution is -2.56. The number of carbonyl (C=O) groups excluding carboxylic acids is 1. The van der Waals surface area contributed by atoms with E-state index in [1.807, 2.05) is 0 Å². The quantitative estimate of drug-likeness (QED) is 0.342. The van der Waals surface area contributed by atoms with E-state index in [-0.39, 0.29) is 17.8 Å². The lowest BCUT2D eigenvalue weighted by molar-refractivity contribution is -0.266. The fourth-order valence-corrected chi connectivity index (χ4v) is 5.05. The van der Waals surface area contributed by atoms with E-state index >= 15 is 0 Å². The van der Waals surface area contributed by atoms with Gasteiger partial charge in [0.2, 0.25) is 0 Å². The van der Waals surface area contributed by atoms with Crippen molar-refractivity contribution in [3.8, 4) is 0 Å². The number of rotatable bonds is 4. The topological polar surface area (TPSA) is 105 Å². The molecule has 0 aliphatic heterocycles. The van der Waals surface area contributed by atoms with Crippen LogP contribution >= 0.6 is 0 Å². The zero-order valence-electron chi connectivity index (χ0n) is 22.8. The first kappa shape index (κ1) is 30.5. The number of methoxy groups -OCH3 is 1. The van der Waals surface area contributed by atoms with Gasteiger partial charge in [-0.3, -0.25) is 9.18 Å². The van der Waals surface area contributed by atoms with Crippen LogP contribution in [0, 0.1) is 11.6 Å². The van der Waals surface area contributed by atoms with Crippen molar-refractivity contribution in [3.63, 3.8) is 0 Å². The molecule has 222 valence electrons. The average molecular weight is 586 g/mol. The van der Waals surface area contributed by atoms with Crippen LogP contribution in [0.15, 0.2) is 66.7 Å². The van der Waals surface area contributed by atoms with Gasteiger partial charge in [0.15, 0.2) is 0 Å². The van der Waals surface area contributed by atoms with Crippen LogP contribution in [0.3, 0.4) is 0 Å². The van der Waals surface area contributed by atoms with Gasteiger partial charge in [-0.1, -0.05) is 42.5 Å². The van der Waals surface area contributed by atoms with E-state index in [0.29, 0.717) is 12.0 Å². The first-order valence-electron chi connectivity index (χ1n) is 13.0. The molecule has 3 aromatic carbocycles. The van der Waals surface area contributed by atoms with Crippen LogP contribution in [0.4, 0.5) is 26.3 Å². The van der Waals surface area contributed by atoms with Gasteiger partial charge in [-0.15, -0.1) is 0 Å². The molecule has 12 heteroatoms. The van der Waals surface area contributed by atoms with Crippen LogP contribution in [0.1, 0.15) is 41.3 Å². The molecule has 3 aromatic rings. The molecular formula is C29H30F6N2O4. The minimum atomic E-state index is -5.07. The first-order chi connectivity index (χ1) is 19.8. The molecule has 0 aromatic heterocycles. The third kappa shape index (κ3) is 6.40. The third-order valence-corrected chi connectivity index (χ3v) is 7.06. The maximum Gasteiger partial charge on any atom is 0.430 e. The summed E-state index contributed by atoms with van der Waals surface area (Å²) < 4.78 is 88.3. The molecule has 2 aliphatic carbocycles. The number of nitrogens with two attached hydrogens (primary N) is 1. The van der Waals surface area contributed by atoms with Gasteiger partial charge in [0.05, 0.1) is 32.8 Å². The van der Waals surface area contributed by atoms with Crippen LogP contribution in [-0.4, -0.2) is 48.8 Å². The summed E-state index contributed by atoms with van der Waals surface area (Å²) in [6.07, 6.45) is -6.16. The van der Waals surface area contributed by atoms with Gasteiger partial charge in [-0.05, 0) is 46.5 Å². The highest BCUT2D eigenvalue weighted by Crippen LogP contribution is 2.43. The molecule has 0 heterocycles. The van der Waals surface area contributed by atoms with Crippen molar-refractivity contribution < 1.29 is 47.5 Å². The van der Waals surface area contributed by atoms with E-state index in [0.717, 1.165) is 36.4 Å². The van der Waals surface area contributed by atoms with Crippen LogP contribution in [0.25, 0.3) is 0 Å². The summed E-state index contributed by atoms with van der Waals surface area (Å²) in [5, 5.41) is 21.8. The second kappa shape index (κ2) is 13.0. The Kier molecular flexibility index (Phi) is 9.69. The number of aliphatic hydroxyl groups excluding tert-OH is 2. The van der Waals surface area contributed by atoms with Crippen LogP contribution in [0.5, 0.6) is 0 Å². The fraction of sp³-hybridized carbons (Fsp3) is 0.345. The normalized spacial score (nSPS) is 22.5. The Morgan fingerprint density at radius 3 is 2.00 bits per heavy atom. The number of benzene rings is 3. The molecule has 41 heavy (non-hydrogen) atoms. The summed E-state index contributed by atoms with van der Waals surface area (Å²) >= 11 is 0. The highest BCUT2D eigenvalue weighted by atomic mass is 19.4. The molecular weight excluding hydrogens is 554 g/mol. The van der Waals surface area contributed by atoms with E-state index < -0.39 is 60.5 Å². The van der Waals surface area contributed by atoms with Crippen molar-refractivity contribution in [1.29, 1.82) is 0 Å². The molecule has 0 saturated heterocycles. The molecule has 5 rings (SSSR count). The SMILES string of the molecule is CO[C@](C(=O)N[C@@H]1c2cc(F)ccc2C[C@@H]1O)(c1ccccc1)C(F)(F)F.N[C@@H]1c2cc(F)ccc2C[C@@H]1O.[2H]CF. The highest BCUT2D eigenvalue weighted by molar-refractivity contribution is 5.88. The maximum atomic E-state index is 13.9. The van der Waals surface area contributed by atoms with Gasteiger partial charge in [-0.25, -0.2) is 8.78 Å². The van der Waals surface area contributed by atoms with Crippen molar-refractivity contribution in [1.82, 2.24) is 5.32 Å². The summed E-state index contributed by atoms with van der Waals surface area (Å²) in [5.74, 6) is -2.39. The number of amides is 1. The lowest BCUT2D eigenvalue weighted by Gasteiger charge is -2.34. The Morgan fingerprint density at radius 2 is 1.46 bits per heavy atom. The molecule has 0 spiro atoms. The number of aliphatic hydroxyl groups is 2. The number of hydrogen-bond acceptors (Lipinski definition) is 5. The van der Waals surface area contributed by atoms with Gasteiger partial charge in [0.25, 0.3) is 11.5 Å². The second-order valence-electron chi connectivity index (χ2n) is 9.46. The number of hydrogen-bond donors (Lipinski definition) is 4. The van der Waals surface area contributed by atoms with Gasteiger partial charge in [-0.2, -0.15) is 13.2 Å². The number of ether oxygens (including phenoxy) is 1. The predicted molar refractivity (Wildman–Crippen MR) is 138 cm³/mol. The number of halogens is 6. The molecule has 0 fully saturated rings. The summed E-state index contributed by atoms with van der Waals surface area (Å²) in [4.78, 5) is 12.8. The largest absolute Gasteiger partial charge is 0.430 e. The average Bonchev–Trinajstić information content (AvgIpc) is 3.39. The van der Waals surface area contributed by atoms with E-state index in [4.69, 9.17) is 11.8 Å². The van der Waals surface area contributed by atoms with Gasteiger partial charge in [0.1, 0.15) is 11.6 Å². The molecule has 0 radical (unpaired) electrons. The zero-order valence-corrected chi connectivity index (χ0v) is 21.8. The molecule has 1 amide bonds. The number of carbonyl (C=O) groups is 1. The van der Waals surface area contributed by atoms with Crippen LogP contribution < -0.4 is 11.1 Å². The standard InChI is InChI=1S/C19H17F4NO3.C9H10FNO.CH3F/c1-27-18(19(21,22)23,12-5-3-2-4-6-12)17(26)24-16-14-10-13(20)8-7-11(14)9-15(16)25;10-6-2-1-5-3-8(12)9(11)7(5)4-6;1-2/h2-8,10,15-16,25H,9H2,1H3,(H,24,26);1-2,4,8-9,12H,3,11H2;1H3/t15-,16+,18-;8-,9+;/m00./s1/i;;1D. The fourth-order valence-electron chi connectivity index (χ4n) is 5.05. The monoisotopic (exact) mass is 585 g/mol. The Morgan fingerprint density at radius 1 is 0.951 bits per heavy atom. The molecule has 5 N–H and O–H groups in total. The predicted octanol–water partition coefficient (Wildman–Crippen LogP) is 4.33. The maximum absolute atomic E-state index is 13.9. The Bertz CT molecular complexity index is 1360. The minimum Gasteiger partial charge on any atom is -0.391 e. The van der Waals surface area contributed by atoms with E-state index in [1.165, 1.54) is 42.5 Å². The van der Waals surface area contributed by atoms with Crippen molar-refractivity contribution in [2.24, 2.45) is 5.73 Å².